The first-order valence-corrected chi connectivity index (χ1v) is 6.43. The zero-order valence-electron chi connectivity index (χ0n) is 10.6. The Kier molecular flexibility index (Phi) is 4.15. The van der Waals surface area contributed by atoms with Crippen molar-refractivity contribution in [1.29, 1.82) is 0 Å². The number of hydrogen-bond donors (Lipinski definition) is 1. The Bertz CT molecular complexity index is 412. The van der Waals surface area contributed by atoms with Crippen LogP contribution in [0.4, 0.5) is 0 Å². The summed E-state index contributed by atoms with van der Waals surface area (Å²) in [4.78, 5) is 14.1. The van der Waals surface area contributed by atoms with Gasteiger partial charge in [0.2, 0.25) is 5.91 Å². The van der Waals surface area contributed by atoms with Crippen LogP contribution >= 0.6 is 0 Å². The third-order valence-corrected chi connectivity index (χ3v) is 3.26. The molecule has 96 valence electrons. The summed E-state index contributed by atoms with van der Waals surface area (Å²) in [5.41, 5.74) is 7.09. The van der Waals surface area contributed by atoms with Crippen LogP contribution in [0.3, 0.4) is 0 Å². The molecule has 0 spiro atoms. The van der Waals surface area contributed by atoms with Crippen molar-refractivity contribution < 1.29 is 4.79 Å². The fourth-order valence-corrected chi connectivity index (χ4v) is 2.10. The quantitative estimate of drug-likeness (QED) is 0.780. The summed E-state index contributed by atoms with van der Waals surface area (Å²) in [5.74, 6) is 0.133. The number of nitrogens with zero attached hydrogens (tertiary/aromatic N) is 1. The first-order valence-electron chi connectivity index (χ1n) is 6.43. The molecule has 3 heteroatoms. The molecule has 0 aliphatic heterocycles. The predicted molar refractivity (Wildman–Crippen MR) is 72.9 cm³/mol. The summed E-state index contributed by atoms with van der Waals surface area (Å²) in [6.45, 7) is 4.34. The van der Waals surface area contributed by atoms with Crippen LogP contribution < -0.4 is 5.73 Å². The molecule has 0 bridgehead atoms. The van der Waals surface area contributed by atoms with Crippen molar-refractivity contribution in [2.45, 2.75) is 31.3 Å². The normalized spacial score (nSPS) is 16.1. The highest BCUT2D eigenvalue weighted by Gasteiger charge is 2.32. The molecule has 2 N–H and O–H groups in total. The van der Waals surface area contributed by atoms with E-state index in [-0.39, 0.29) is 11.9 Å². The average molecular weight is 244 g/mol. The Morgan fingerprint density at radius 1 is 1.44 bits per heavy atom. The van der Waals surface area contributed by atoms with Gasteiger partial charge < -0.3 is 10.6 Å². The molecule has 3 nitrogen and oxygen atoms in total. The van der Waals surface area contributed by atoms with Crippen LogP contribution in [0.5, 0.6) is 0 Å². The van der Waals surface area contributed by atoms with Crippen LogP contribution in [0.25, 0.3) is 0 Å². The lowest BCUT2D eigenvalue weighted by Gasteiger charge is -2.22. The van der Waals surface area contributed by atoms with Crippen LogP contribution in [-0.2, 0) is 4.79 Å². The smallest absolute Gasteiger partial charge is 0.225 e. The van der Waals surface area contributed by atoms with Gasteiger partial charge in [-0.25, -0.2) is 0 Å². The average Bonchev–Trinajstić information content (AvgIpc) is 3.21. The van der Waals surface area contributed by atoms with Gasteiger partial charge in [0.25, 0.3) is 0 Å². The van der Waals surface area contributed by atoms with E-state index in [1.807, 2.05) is 35.2 Å². The molecule has 1 aromatic carbocycles. The maximum Gasteiger partial charge on any atom is 0.225 e. The number of benzene rings is 1. The standard InChI is InChI=1S/C15H20N2O/c1-2-10-17(13-8-9-13)15(18)11-14(16)12-6-4-3-5-7-12/h2-7,13-14H,1,8-11,16H2. The Balaban J connectivity index is 1.95. The molecule has 1 unspecified atom stereocenters. The van der Waals surface area contributed by atoms with Gasteiger partial charge >= 0.3 is 0 Å². The van der Waals surface area contributed by atoms with Crippen molar-refractivity contribution in [3.05, 3.63) is 48.6 Å². The molecule has 0 radical (unpaired) electrons. The number of amides is 1. The Labute approximate surface area is 108 Å². The first kappa shape index (κ1) is 12.8. The van der Waals surface area contributed by atoms with Gasteiger partial charge in [-0.05, 0) is 18.4 Å². The van der Waals surface area contributed by atoms with E-state index in [9.17, 15) is 4.79 Å². The summed E-state index contributed by atoms with van der Waals surface area (Å²) in [7, 11) is 0. The van der Waals surface area contributed by atoms with Gasteiger partial charge in [0.15, 0.2) is 0 Å². The topological polar surface area (TPSA) is 46.3 Å². The first-order chi connectivity index (χ1) is 8.72. The molecule has 1 atom stereocenters. The number of nitrogens with two attached hydrogens (primary N) is 1. The summed E-state index contributed by atoms with van der Waals surface area (Å²) in [5, 5.41) is 0. The summed E-state index contributed by atoms with van der Waals surface area (Å²) in [6, 6.07) is 9.97. The lowest BCUT2D eigenvalue weighted by Crippen LogP contribution is -2.35. The zero-order valence-corrected chi connectivity index (χ0v) is 10.6. The lowest BCUT2D eigenvalue weighted by atomic mass is 10.0. The van der Waals surface area contributed by atoms with E-state index in [0.717, 1.165) is 18.4 Å². The Morgan fingerprint density at radius 2 is 2.11 bits per heavy atom. The second-order valence-electron chi connectivity index (χ2n) is 4.79. The van der Waals surface area contributed by atoms with E-state index in [1.165, 1.54) is 0 Å². The lowest BCUT2D eigenvalue weighted by molar-refractivity contribution is -0.131. The number of carbonyl (C=O) groups is 1. The van der Waals surface area contributed by atoms with Crippen molar-refractivity contribution in [3.63, 3.8) is 0 Å². The highest BCUT2D eigenvalue weighted by atomic mass is 16.2. The third-order valence-electron chi connectivity index (χ3n) is 3.26. The number of hydrogen-bond acceptors (Lipinski definition) is 2. The van der Waals surface area contributed by atoms with Crippen molar-refractivity contribution >= 4 is 5.91 Å². The summed E-state index contributed by atoms with van der Waals surface area (Å²) < 4.78 is 0. The molecule has 1 aliphatic carbocycles. The number of carbonyl (C=O) groups excluding carboxylic acids is 1. The van der Waals surface area contributed by atoms with E-state index in [0.29, 0.717) is 19.0 Å². The molecule has 1 saturated carbocycles. The minimum atomic E-state index is -0.218. The fraction of sp³-hybridized carbons (Fsp3) is 0.400. The van der Waals surface area contributed by atoms with Gasteiger partial charge in [0.1, 0.15) is 0 Å². The molecular weight excluding hydrogens is 224 g/mol. The Hall–Kier alpha value is -1.61. The molecule has 1 aliphatic rings. The fourth-order valence-electron chi connectivity index (χ4n) is 2.10. The van der Waals surface area contributed by atoms with Crippen molar-refractivity contribution in [2.75, 3.05) is 6.54 Å². The number of rotatable bonds is 6. The van der Waals surface area contributed by atoms with Gasteiger partial charge in [-0.3, -0.25) is 4.79 Å². The van der Waals surface area contributed by atoms with E-state index in [4.69, 9.17) is 5.73 Å². The van der Waals surface area contributed by atoms with Crippen molar-refractivity contribution in [3.8, 4) is 0 Å². The highest BCUT2D eigenvalue weighted by molar-refractivity contribution is 5.78. The van der Waals surface area contributed by atoms with Gasteiger partial charge in [-0.2, -0.15) is 0 Å². The molecular formula is C15H20N2O. The third kappa shape index (κ3) is 3.20. The maximum absolute atomic E-state index is 12.2. The molecule has 18 heavy (non-hydrogen) atoms. The van der Waals surface area contributed by atoms with Gasteiger partial charge in [0, 0.05) is 25.0 Å². The predicted octanol–water partition coefficient (Wildman–Crippen LogP) is 2.25. The summed E-state index contributed by atoms with van der Waals surface area (Å²) >= 11 is 0. The largest absolute Gasteiger partial charge is 0.336 e. The van der Waals surface area contributed by atoms with Crippen molar-refractivity contribution in [2.24, 2.45) is 5.73 Å². The van der Waals surface area contributed by atoms with E-state index in [1.54, 1.807) is 6.08 Å². The highest BCUT2D eigenvalue weighted by Crippen LogP contribution is 2.28. The molecule has 0 heterocycles. The summed E-state index contributed by atoms with van der Waals surface area (Å²) in [6.07, 6.45) is 4.37. The molecule has 1 fully saturated rings. The second-order valence-corrected chi connectivity index (χ2v) is 4.79. The van der Waals surface area contributed by atoms with Crippen LogP contribution in [0, 0.1) is 0 Å². The maximum atomic E-state index is 12.2. The SMILES string of the molecule is C=CCN(C(=O)CC(N)c1ccccc1)C1CC1. The van der Waals surface area contributed by atoms with Gasteiger partial charge in [-0.1, -0.05) is 36.4 Å². The molecule has 0 saturated heterocycles. The molecule has 1 aromatic rings. The molecule has 0 aromatic heterocycles. The van der Waals surface area contributed by atoms with E-state index < -0.39 is 0 Å². The van der Waals surface area contributed by atoms with Gasteiger partial charge in [-0.15, -0.1) is 6.58 Å². The molecule has 1 amide bonds. The Morgan fingerprint density at radius 3 is 2.67 bits per heavy atom. The van der Waals surface area contributed by atoms with Crippen molar-refractivity contribution in [1.82, 2.24) is 4.90 Å². The minimum Gasteiger partial charge on any atom is -0.336 e. The van der Waals surface area contributed by atoms with E-state index in [2.05, 4.69) is 6.58 Å². The minimum absolute atomic E-state index is 0.133. The van der Waals surface area contributed by atoms with Crippen LogP contribution in [0.1, 0.15) is 30.9 Å². The monoisotopic (exact) mass is 244 g/mol. The van der Waals surface area contributed by atoms with Crippen LogP contribution in [0.2, 0.25) is 0 Å². The zero-order chi connectivity index (χ0) is 13.0. The second kappa shape index (κ2) is 5.83. The van der Waals surface area contributed by atoms with E-state index >= 15 is 0 Å². The molecule has 2 rings (SSSR count). The van der Waals surface area contributed by atoms with Crippen LogP contribution in [0.15, 0.2) is 43.0 Å². The van der Waals surface area contributed by atoms with Crippen LogP contribution in [-0.4, -0.2) is 23.4 Å². The van der Waals surface area contributed by atoms with Gasteiger partial charge in [0.05, 0.1) is 0 Å².